The van der Waals surface area contributed by atoms with Crippen molar-refractivity contribution >= 4 is 45.3 Å². The molecule has 2 heterocycles. The van der Waals surface area contributed by atoms with Crippen LogP contribution in [0.5, 0.6) is 0 Å². The van der Waals surface area contributed by atoms with E-state index < -0.39 is 0 Å². The molecule has 1 N–H and O–H groups in total. The third-order valence-electron chi connectivity index (χ3n) is 5.73. The first-order chi connectivity index (χ1) is 16.1. The lowest BCUT2D eigenvalue weighted by Crippen LogP contribution is -2.36. The van der Waals surface area contributed by atoms with E-state index in [0.29, 0.717) is 40.7 Å². The Bertz CT molecular complexity index is 1320. The van der Waals surface area contributed by atoms with Crippen LogP contribution >= 0.6 is 11.6 Å². The van der Waals surface area contributed by atoms with Crippen LogP contribution in [0.25, 0.3) is 22.0 Å². The van der Waals surface area contributed by atoms with E-state index in [4.69, 9.17) is 16.3 Å². The number of hydrogen-bond donors (Lipinski definition) is 1. The number of hydrogen-bond acceptors (Lipinski definition) is 6. The molecule has 0 atom stereocenters. The number of morpholine rings is 1. The summed E-state index contributed by atoms with van der Waals surface area (Å²) in [6.45, 7) is 2.68. The molecular formula is C25H21ClN4O3. The number of aromatic nitrogens is 1. The van der Waals surface area contributed by atoms with Gasteiger partial charge in [0.25, 0.3) is 0 Å². The molecule has 166 valence electrons. The number of para-hydroxylation sites is 1. The smallest absolute Gasteiger partial charge is 0.300 e. The van der Waals surface area contributed by atoms with Gasteiger partial charge in [-0.05, 0) is 29.8 Å². The van der Waals surface area contributed by atoms with Crippen LogP contribution in [0.4, 0.5) is 22.7 Å². The first-order valence-electron chi connectivity index (χ1n) is 10.6. The maximum atomic E-state index is 12.3. The van der Waals surface area contributed by atoms with Crippen molar-refractivity contribution in [2.45, 2.75) is 0 Å². The first-order valence-corrected chi connectivity index (χ1v) is 11.0. The molecule has 4 aromatic rings. The van der Waals surface area contributed by atoms with Crippen LogP contribution in [-0.2, 0) is 4.74 Å². The highest BCUT2D eigenvalue weighted by atomic mass is 35.5. The SMILES string of the molecule is O=[N+]([O-])c1c(Nc2ccnc3c(Cl)cccc23)cc(N2CCOCC2)cc1-c1ccccc1. The van der Waals surface area contributed by atoms with Gasteiger partial charge in [-0.25, -0.2) is 0 Å². The molecule has 0 radical (unpaired) electrons. The number of halogens is 1. The van der Waals surface area contributed by atoms with Crippen LogP contribution < -0.4 is 10.2 Å². The van der Waals surface area contributed by atoms with Crippen molar-refractivity contribution in [2.24, 2.45) is 0 Å². The summed E-state index contributed by atoms with van der Waals surface area (Å²) in [5.41, 5.74) is 4.01. The molecule has 0 bridgehead atoms. The number of pyridine rings is 1. The number of nitro groups is 1. The first kappa shape index (κ1) is 21.2. The van der Waals surface area contributed by atoms with Crippen molar-refractivity contribution in [1.82, 2.24) is 4.98 Å². The van der Waals surface area contributed by atoms with Crippen LogP contribution in [0.1, 0.15) is 0 Å². The van der Waals surface area contributed by atoms with E-state index >= 15 is 0 Å². The van der Waals surface area contributed by atoms with Gasteiger partial charge in [0.1, 0.15) is 5.69 Å². The Morgan fingerprint density at radius 1 is 1.00 bits per heavy atom. The Morgan fingerprint density at radius 2 is 1.79 bits per heavy atom. The number of anilines is 3. The van der Waals surface area contributed by atoms with E-state index in [1.165, 1.54) is 0 Å². The standard InChI is InChI=1S/C25H21ClN4O3/c26-21-8-4-7-19-22(9-10-27-24(19)21)28-23-16-18(29-11-13-33-14-12-29)15-20(25(23)30(31)32)17-5-2-1-3-6-17/h1-10,15-16H,11-14H2,(H,27,28). The third-order valence-corrected chi connectivity index (χ3v) is 6.03. The largest absolute Gasteiger partial charge is 0.378 e. The van der Waals surface area contributed by atoms with Gasteiger partial charge in [-0.1, -0.05) is 54.1 Å². The van der Waals surface area contributed by atoms with E-state index in [-0.39, 0.29) is 10.6 Å². The topological polar surface area (TPSA) is 80.5 Å². The second-order valence-corrected chi connectivity index (χ2v) is 8.14. The van der Waals surface area contributed by atoms with Gasteiger partial charge in [0.2, 0.25) is 0 Å². The van der Waals surface area contributed by atoms with Gasteiger partial charge in [-0.2, -0.15) is 0 Å². The van der Waals surface area contributed by atoms with E-state index in [2.05, 4.69) is 15.2 Å². The fourth-order valence-electron chi connectivity index (χ4n) is 4.15. The second kappa shape index (κ2) is 9.05. The molecule has 1 aromatic heterocycles. The van der Waals surface area contributed by atoms with Gasteiger partial charge in [0.15, 0.2) is 0 Å². The Morgan fingerprint density at radius 3 is 2.55 bits per heavy atom. The fourth-order valence-corrected chi connectivity index (χ4v) is 4.37. The molecule has 0 spiro atoms. The fraction of sp³-hybridized carbons (Fsp3) is 0.160. The predicted octanol–water partition coefficient (Wildman–Crippen LogP) is 6.04. The molecule has 7 nitrogen and oxygen atoms in total. The minimum atomic E-state index is -0.329. The zero-order chi connectivity index (χ0) is 22.8. The van der Waals surface area contributed by atoms with Crippen LogP contribution in [-0.4, -0.2) is 36.2 Å². The Hall–Kier alpha value is -3.68. The molecule has 0 unspecified atom stereocenters. The molecule has 5 rings (SSSR count). The highest BCUT2D eigenvalue weighted by Gasteiger charge is 2.25. The maximum Gasteiger partial charge on any atom is 0.300 e. The van der Waals surface area contributed by atoms with Crippen molar-refractivity contribution in [2.75, 3.05) is 36.5 Å². The summed E-state index contributed by atoms with van der Waals surface area (Å²) >= 11 is 6.33. The molecule has 1 aliphatic rings. The summed E-state index contributed by atoms with van der Waals surface area (Å²) in [5, 5.41) is 16.9. The number of fused-ring (bicyclic) bond motifs is 1. The quantitative estimate of drug-likeness (QED) is 0.288. The lowest BCUT2D eigenvalue weighted by atomic mass is 10.0. The normalized spacial score (nSPS) is 13.8. The average molecular weight is 461 g/mol. The Kier molecular flexibility index (Phi) is 5.81. The molecule has 1 fully saturated rings. The molecule has 0 aliphatic carbocycles. The summed E-state index contributed by atoms with van der Waals surface area (Å²) in [6.07, 6.45) is 1.65. The lowest BCUT2D eigenvalue weighted by Gasteiger charge is -2.29. The van der Waals surface area contributed by atoms with Gasteiger partial charge >= 0.3 is 5.69 Å². The number of nitro benzene ring substituents is 1. The third kappa shape index (κ3) is 4.20. The van der Waals surface area contributed by atoms with Gasteiger partial charge in [0, 0.05) is 36.0 Å². The number of nitrogens with zero attached hydrogens (tertiary/aromatic N) is 3. The monoisotopic (exact) mass is 460 g/mol. The highest BCUT2D eigenvalue weighted by Crippen LogP contribution is 2.42. The molecule has 1 aliphatic heterocycles. The summed E-state index contributed by atoms with van der Waals surface area (Å²) in [4.78, 5) is 18.5. The summed E-state index contributed by atoms with van der Waals surface area (Å²) in [6, 6.07) is 20.5. The molecule has 0 saturated carbocycles. The second-order valence-electron chi connectivity index (χ2n) is 7.73. The number of rotatable bonds is 5. The van der Waals surface area contributed by atoms with E-state index in [1.54, 1.807) is 18.3 Å². The minimum Gasteiger partial charge on any atom is -0.378 e. The van der Waals surface area contributed by atoms with E-state index in [0.717, 1.165) is 29.7 Å². The van der Waals surface area contributed by atoms with E-state index in [9.17, 15) is 10.1 Å². The van der Waals surface area contributed by atoms with Gasteiger partial charge in [-0.15, -0.1) is 0 Å². The molecule has 3 aromatic carbocycles. The van der Waals surface area contributed by atoms with Crippen LogP contribution in [0.3, 0.4) is 0 Å². The summed E-state index contributed by atoms with van der Waals surface area (Å²) < 4.78 is 5.50. The highest BCUT2D eigenvalue weighted by molar-refractivity contribution is 6.35. The number of nitrogens with one attached hydrogen (secondary N) is 1. The van der Waals surface area contributed by atoms with Gasteiger partial charge in [0.05, 0.1) is 34.2 Å². The average Bonchev–Trinajstić information content (AvgIpc) is 2.85. The summed E-state index contributed by atoms with van der Waals surface area (Å²) in [5.74, 6) is 0. The zero-order valence-corrected chi connectivity index (χ0v) is 18.5. The molecule has 0 amide bonds. The van der Waals surface area contributed by atoms with Crippen LogP contribution in [0.2, 0.25) is 5.02 Å². The van der Waals surface area contributed by atoms with Crippen LogP contribution in [0.15, 0.2) is 72.9 Å². The number of benzene rings is 3. The van der Waals surface area contributed by atoms with Crippen molar-refractivity contribution in [3.05, 3.63) is 88.1 Å². The Balaban J connectivity index is 1.70. The minimum absolute atomic E-state index is 0.0187. The number of ether oxygens (including phenoxy) is 1. The molecule has 8 heteroatoms. The maximum absolute atomic E-state index is 12.3. The Labute approximate surface area is 195 Å². The van der Waals surface area contributed by atoms with Gasteiger partial charge in [-0.3, -0.25) is 15.1 Å². The van der Waals surface area contributed by atoms with Crippen molar-refractivity contribution in [1.29, 1.82) is 0 Å². The van der Waals surface area contributed by atoms with Crippen molar-refractivity contribution < 1.29 is 9.66 Å². The zero-order valence-electron chi connectivity index (χ0n) is 17.7. The summed E-state index contributed by atoms with van der Waals surface area (Å²) in [7, 11) is 0. The van der Waals surface area contributed by atoms with Crippen molar-refractivity contribution in [3.63, 3.8) is 0 Å². The van der Waals surface area contributed by atoms with Gasteiger partial charge < -0.3 is 15.0 Å². The lowest BCUT2D eigenvalue weighted by molar-refractivity contribution is -0.383. The molecule has 33 heavy (non-hydrogen) atoms. The van der Waals surface area contributed by atoms with E-state index in [1.807, 2.05) is 54.6 Å². The van der Waals surface area contributed by atoms with Crippen molar-refractivity contribution in [3.8, 4) is 11.1 Å². The molecular weight excluding hydrogens is 440 g/mol. The molecule has 1 saturated heterocycles. The predicted molar refractivity (Wildman–Crippen MR) is 132 cm³/mol. The van der Waals surface area contributed by atoms with Crippen LogP contribution in [0, 0.1) is 10.1 Å².